The first-order valence-corrected chi connectivity index (χ1v) is 11.1. The highest BCUT2D eigenvalue weighted by Crippen LogP contribution is 2.21. The Kier molecular flexibility index (Phi) is 6.49. The van der Waals surface area contributed by atoms with Crippen LogP contribution >= 0.6 is 0 Å². The summed E-state index contributed by atoms with van der Waals surface area (Å²) in [5.74, 6) is -0.729. The first kappa shape index (κ1) is 20.2. The maximum Gasteiger partial charge on any atom is 0.246 e. The molecule has 1 N–H and O–H groups in total. The van der Waals surface area contributed by atoms with Crippen LogP contribution in [0, 0.1) is 5.82 Å². The molecule has 1 saturated heterocycles. The Morgan fingerprint density at radius 1 is 1.11 bits per heavy atom. The minimum atomic E-state index is -3.85. The summed E-state index contributed by atoms with van der Waals surface area (Å²) >= 11 is 0. The fraction of sp³-hybridized carbons (Fsp3) is 0.632. The molecule has 1 aliphatic carbocycles. The van der Waals surface area contributed by atoms with Crippen LogP contribution in [0.5, 0.6) is 0 Å². The highest BCUT2D eigenvalue weighted by Gasteiger charge is 2.33. The molecule has 0 aromatic heterocycles. The summed E-state index contributed by atoms with van der Waals surface area (Å²) in [6.07, 6.45) is 5.62. The summed E-state index contributed by atoms with van der Waals surface area (Å²) in [6, 6.07) is 5.39. The van der Waals surface area contributed by atoms with Gasteiger partial charge in [-0.3, -0.25) is 9.69 Å². The largest absolute Gasteiger partial charge is 0.352 e. The van der Waals surface area contributed by atoms with Crippen molar-refractivity contribution in [2.45, 2.75) is 56.0 Å². The third-order valence-corrected chi connectivity index (χ3v) is 7.54. The fourth-order valence-electron chi connectivity index (χ4n) is 3.86. The molecule has 1 aliphatic heterocycles. The van der Waals surface area contributed by atoms with E-state index in [2.05, 4.69) is 5.32 Å². The number of sulfonamides is 1. The maximum absolute atomic E-state index is 13.9. The Morgan fingerprint density at radius 2 is 1.74 bits per heavy atom. The molecule has 1 heterocycles. The van der Waals surface area contributed by atoms with Crippen LogP contribution in [0.3, 0.4) is 0 Å². The molecule has 1 saturated carbocycles. The van der Waals surface area contributed by atoms with E-state index in [0.29, 0.717) is 13.1 Å². The molecule has 1 aromatic rings. The van der Waals surface area contributed by atoms with E-state index in [1.165, 1.54) is 28.9 Å². The zero-order valence-electron chi connectivity index (χ0n) is 15.7. The third kappa shape index (κ3) is 4.67. The van der Waals surface area contributed by atoms with Gasteiger partial charge in [0.05, 0.1) is 6.04 Å². The van der Waals surface area contributed by atoms with E-state index in [1.54, 1.807) is 0 Å². The fourth-order valence-corrected chi connectivity index (χ4v) is 5.35. The summed E-state index contributed by atoms with van der Waals surface area (Å²) in [6.45, 7) is 3.26. The van der Waals surface area contributed by atoms with E-state index in [1.807, 2.05) is 11.8 Å². The van der Waals surface area contributed by atoms with Gasteiger partial charge in [0.2, 0.25) is 15.9 Å². The maximum atomic E-state index is 13.9. The Labute approximate surface area is 160 Å². The minimum Gasteiger partial charge on any atom is -0.352 e. The van der Waals surface area contributed by atoms with Gasteiger partial charge in [0.25, 0.3) is 0 Å². The lowest BCUT2D eigenvalue weighted by Gasteiger charge is -2.37. The van der Waals surface area contributed by atoms with Crippen molar-refractivity contribution in [1.82, 2.24) is 14.5 Å². The Morgan fingerprint density at radius 3 is 2.37 bits per heavy atom. The number of carbonyl (C=O) groups is 1. The summed E-state index contributed by atoms with van der Waals surface area (Å²) < 4.78 is 40.5. The number of halogens is 1. The second-order valence-electron chi connectivity index (χ2n) is 7.39. The van der Waals surface area contributed by atoms with Crippen LogP contribution < -0.4 is 5.32 Å². The van der Waals surface area contributed by atoms with Crippen LogP contribution in [0.25, 0.3) is 0 Å². The van der Waals surface area contributed by atoms with Crippen LogP contribution in [-0.4, -0.2) is 61.8 Å². The molecule has 2 aliphatic rings. The van der Waals surface area contributed by atoms with E-state index in [-0.39, 0.29) is 36.0 Å². The Hall–Kier alpha value is -1.51. The SMILES string of the molecule is CC(C(=O)NC1CCCCC1)N1CCN(S(=O)(=O)c2ccccc2F)CC1. The summed E-state index contributed by atoms with van der Waals surface area (Å²) in [7, 11) is -3.85. The molecule has 150 valence electrons. The molecule has 1 aromatic carbocycles. The molecule has 27 heavy (non-hydrogen) atoms. The predicted molar refractivity (Wildman–Crippen MR) is 101 cm³/mol. The van der Waals surface area contributed by atoms with Crippen molar-refractivity contribution in [2.75, 3.05) is 26.2 Å². The standard InChI is InChI=1S/C19H28FN3O3S/c1-15(19(24)21-16-7-3-2-4-8-16)22-11-13-23(14-12-22)27(25,26)18-10-6-5-9-17(18)20/h5-6,9-10,15-16H,2-4,7-8,11-14H2,1H3,(H,21,24). The molecule has 1 amide bonds. The van der Waals surface area contributed by atoms with Crippen molar-refractivity contribution in [2.24, 2.45) is 0 Å². The number of benzene rings is 1. The molecule has 1 atom stereocenters. The highest BCUT2D eigenvalue weighted by molar-refractivity contribution is 7.89. The topological polar surface area (TPSA) is 69.7 Å². The van der Waals surface area contributed by atoms with Crippen molar-refractivity contribution in [3.8, 4) is 0 Å². The average Bonchev–Trinajstić information content (AvgIpc) is 2.68. The second-order valence-corrected chi connectivity index (χ2v) is 9.30. The number of piperazine rings is 1. The summed E-state index contributed by atoms with van der Waals surface area (Å²) in [4.78, 5) is 14.2. The molecule has 3 rings (SSSR count). The Bertz CT molecular complexity index is 757. The van der Waals surface area contributed by atoms with E-state index >= 15 is 0 Å². The van der Waals surface area contributed by atoms with Gasteiger partial charge in [0.1, 0.15) is 10.7 Å². The molecule has 2 fully saturated rings. The number of rotatable bonds is 5. The van der Waals surface area contributed by atoms with E-state index in [9.17, 15) is 17.6 Å². The summed E-state index contributed by atoms with van der Waals surface area (Å²) in [5, 5.41) is 3.13. The number of nitrogens with zero attached hydrogens (tertiary/aromatic N) is 2. The van der Waals surface area contributed by atoms with Crippen molar-refractivity contribution < 1.29 is 17.6 Å². The number of carbonyl (C=O) groups excluding carboxylic acids is 1. The minimum absolute atomic E-state index is 0.00677. The molecule has 0 bridgehead atoms. The predicted octanol–water partition coefficient (Wildman–Crippen LogP) is 1.97. The van der Waals surface area contributed by atoms with Crippen molar-refractivity contribution in [1.29, 1.82) is 0 Å². The van der Waals surface area contributed by atoms with Crippen LogP contribution in [0.1, 0.15) is 39.0 Å². The average molecular weight is 398 g/mol. The zero-order valence-corrected chi connectivity index (χ0v) is 16.5. The first-order chi connectivity index (χ1) is 12.9. The van der Waals surface area contributed by atoms with E-state index in [0.717, 1.165) is 31.7 Å². The quantitative estimate of drug-likeness (QED) is 0.825. The molecular formula is C19H28FN3O3S. The Balaban J connectivity index is 1.56. The molecule has 8 heteroatoms. The van der Waals surface area contributed by atoms with Crippen LogP contribution in [0.15, 0.2) is 29.2 Å². The van der Waals surface area contributed by atoms with Gasteiger partial charge in [-0.1, -0.05) is 31.4 Å². The van der Waals surface area contributed by atoms with Gasteiger partial charge in [-0.2, -0.15) is 4.31 Å². The monoisotopic (exact) mass is 397 g/mol. The van der Waals surface area contributed by atoms with Crippen LogP contribution in [0.2, 0.25) is 0 Å². The lowest BCUT2D eigenvalue weighted by molar-refractivity contribution is -0.127. The lowest BCUT2D eigenvalue weighted by atomic mass is 9.95. The van der Waals surface area contributed by atoms with Crippen LogP contribution in [-0.2, 0) is 14.8 Å². The van der Waals surface area contributed by atoms with Gasteiger partial charge < -0.3 is 5.32 Å². The first-order valence-electron chi connectivity index (χ1n) is 9.68. The molecule has 0 spiro atoms. The zero-order chi connectivity index (χ0) is 19.4. The van der Waals surface area contributed by atoms with Gasteiger partial charge >= 0.3 is 0 Å². The molecule has 6 nitrogen and oxygen atoms in total. The molecule has 1 unspecified atom stereocenters. The third-order valence-electron chi connectivity index (χ3n) is 5.61. The van der Waals surface area contributed by atoms with Crippen LogP contribution in [0.4, 0.5) is 4.39 Å². The van der Waals surface area contributed by atoms with Gasteiger partial charge in [0, 0.05) is 32.2 Å². The van der Waals surface area contributed by atoms with Gasteiger partial charge in [-0.05, 0) is 31.9 Å². The van der Waals surface area contributed by atoms with Gasteiger partial charge in [0.15, 0.2) is 0 Å². The van der Waals surface area contributed by atoms with E-state index in [4.69, 9.17) is 0 Å². The highest BCUT2D eigenvalue weighted by atomic mass is 32.2. The van der Waals surface area contributed by atoms with Gasteiger partial charge in [-0.15, -0.1) is 0 Å². The van der Waals surface area contributed by atoms with Crippen molar-refractivity contribution in [3.63, 3.8) is 0 Å². The van der Waals surface area contributed by atoms with E-state index < -0.39 is 15.8 Å². The number of nitrogens with one attached hydrogen (secondary N) is 1. The molecule has 0 radical (unpaired) electrons. The summed E-state index contributed by atoms with van der Waals surface area (Å²) in [5.41, 5.74) is 0. The van der Waals surface area contributed by atoms with Crippen molar-refractivity contribution in [3.05, 3.63) is 30.1 Å². The normalized spacial score (nSPS) is 21.7. The number of amides is 1. The lowest BCUT2D eigenvalue weighted by Crippen LogP contribution is -2.56. The number of hydrogen-bond donors (Lipinski definition) is 1. The second kappa shape index (κ2) is 8.67. The van der Waals surface area contributed by atoms with Crippen molar-refractivity contribution >= 4 is 15.9 Å². The molecular weight excluding hydrogens is 369 g/mol. The van der Waals surface area contributed by atoms with Gasteiger partial charge in [-0.25, -0.2) is 12.8 Å². The number of hydrogen-bond acceptors (Lipinski definition) is 4. The smallest absolute Gasteiger partial charge is 0.246 e.